The fraction of sp³-hybridized carbons (Fsp3) is 0.357. The molecule has 0 saturated heterocycles. The summed E-state index contributed by atoms with van der Waals surface area (Å²) in [7, 11) is 0.704. The number of aliphatic carboxylic acids is 1. The number of hydrogen-bond donors (Lipinski definition) is 2. The number of carbonyl (C=O) groups is 1. The Kier molecular flexibility index (Phi) is 5.24. The minimum atomic E-state index is -6.35. The lowest BCUT2D eigenvalue weighted by molar-refractivity contribution is -0.292. The van der Waals surface area contributed by atoms with E-state index in [2.05, 4.69) is 15.5 Å². The lowest BCUT2D eigenvalue weighted by Gasteiger charge is -2.22. The first-order valence-electron chi connectivity index (χ1n) is 7.73. The van der Waals surface area contributed by atoms with Crippen molar-refractivity contribution in [1.82, 2.24) is 24.9 Å². The van der Waals surface area contributed by atoms with Crippen LogP contribution < -0.4 is 5.32 Å². The Morgan fingerprint density at radius 3 is 2.29 bits per heavy atom. The molecular weight excluding hydrogens is 490 g/mol. The summed E-state index contributed by atoms with van der Waals surface area (Å²) >= 11 is 6.30. The molecule has 170 valence electrons. The third-order valence-electron chi connectivity index (χ3n) is 4.10. The molecule has 0 aromatic carbocycles. The van der Waals surface area contributed by atoms with E-state index in [9.17, 15) is 45.0 Å². The highest BCUT2D eigenvalue weighted by Crippen LogP contribution is 2.49. The van der Waals surface area contributed by atoms with Crippen molar-refractivity contribution >= 4 is 29.3 Å². The van der Waals surface area contributed by atoms with Gasteiger partial charge in [-0.3, -0.25) is 0 Å². The predicted octanol–water partition coefficient (Wildman–Crippen LogP) is 3.89. The van der Waals surface area contributed by atoms with Crippen molar-refractivity contribution < 1.29 is 45.0 Å². The summed E-state index contributed by atoms with van der Waals surface area (Å²) < 4.78 is 107. The fourth-order valence-corrected chi connectivity index (χ4v) is 3.99. The van der Waals surface area contributed by atoms with Crippen molar-refractivity contribution in [3.8, 4) is 5.82 Å². The van der Waals surface area contributed by atoms with Crippen LogP contribution in [0.2, 0.25) is 0 Å². The molecule has 1 atom stereocenters. The monoisotopic (exact) mass is 497 g/mol. The van der Waals surface area contributed by atoms with Gasteiger partial charge in [-0.05, 0) is 0 Å². The number of aromatic nitrogens is 4. The van der Waals surface area contributed by atoms with Crippen LogP contribution in [-0.2, 0) is 28.8 Å². The highest BCUT2D eigenvalue weighted by Gasteiger charge is 2.64. The van der Waals surface area contributed by atoms with E-state index in [1.165, 1.54) is 0 Å². The number of thioether (sulfide) groups is 1. The van der Waals surface area contributed by atoms with Crippen molar-refractivity contribution in [2.75, 3.05) is 0 Å². The van der Waals surface area contributed by atoms with E-state index in [4.69, 9.17) is 11.6 Å². The number of hydrogen-bond acceptors (Lipinski definition) is 5. The second kappa shape index (κ2) is 7.01. The molecule has 1 unspecified atom stereocenters. The van der Waals surface area contributed by atoms with Crippen molar-refractivity contribution in [3.63, 3.8) is 0 Å². The smallest absolute Gasteiger partial charge is 0.459 e. The molecule has 2 aromatic rings. The summed E-state index contributed by atoms with van der Waals surface area (Å²) in [4.78, 5) is 9.71. The molecule has 2 N–H and O–H groups in total. The van der Waals surface area contributed by atoms with Gasteiger partial charge in [-0.2, -0.15) is 45.3 Å². The van der Waals surface area contributed by atoms with Crippen molar-refractivity contribution in [2.45, 2.75) is 23.1 Å². The minimum absolute atomic E-state index is 0.0150. The molecule has 0 saturated carbocycles. The first kappa shape index (κ1) is 23.2. The second-order valence-corrected chi connectivity index (χ2v) is 7.98. The summed E-state index contributed by atoms with van der Waals surface area (Å²) in [5.74, 6) is -8.72. The van der Waals surface area contributed by atoms with Crippen LogP contribution in [-0.4, -0.2) is 36.8 Å². The number of aryl methyl sites for hydroxylation is 1. The van der Waals surface area contributed by atoms with Gasteiger partial charge in [0.2, 0.25) is 4.87 Å². The van der Waals surface area contributed by atoms with Gasteiger partial charge in [-0.25, -0.2) is 14.2 Å². The Hall–Kier alpha value is -2.49. The Morgan fingerprint density at radius 1 is 1.23 bits per heavy atom. The molecule has 0 aliphatic carbocycles. The van der Waals surface area contributed by atoms with Crippen LogP contribution in [0.3, 0.4) is 0 Å². The fourth-order valence-electron chi connectivity index (χ4n) is 2.75. The molecule has 0 fully saturated rings. The molecular formula is C14H8ClF8N5O2S. The molecule has 0 amide bonds. The standard InChI is InChI=1S/C14H8ClF8N5O2S/c1-27-9(7(13(18,19)20)8(26-27)12(16,17)14(21,22)23)28-4-5(2-25-28)11(10(29)30)24-3-6(15)31-11/h2-4,24H,1H3,(H,29,30). The topological polar surface area (TPSA) is 85.0 Å². The van der Waals surface area contributed by atoms with Crippen LogP contribution in [0.5, 0.6) is 0 Å². The Labute approximate surface area is 175 Å². The van der Waals surface area contributed by atoms with Crippen LogP contribution in [0.4, 0.5) is 35.1 Å². The maximum atomic E-state index is 13.8. The van der Waals surface area contributed by atoms with Gasteiger partial charge in [0.15, 0.2) is 11.5 Å². The number of alkyl halides is 8. The summed E-state index contributed by atoms with van der Waals surface area (Å²) in [5.41, 5.74) is -5.21. The molecule has 1 aliphatic rings. The quantitative estimate of drug-likeness (QED) is 0.624. The summed E-state index contributed by atoms with van der Waals surface area (Å²) in [6.45, 7) is 0. The first-order chi connectivity index (χ1) is 14.0. The Balaban J connectivity index is 2.21. The highest BCUT2D eigenvalue weighted by molar-refractivity contribution is 8.06. The normalized spacial score (nSPS) is 20.0. The molecule has 3 heterocycles. The van der Waals surface area contributed by atoms with E-state index in [0.717, 1.165) is 18.6 Å². The molecule has 0 spiro atoms. The van der Waals surface area contributed by atoms with Crippen LogP contribution in [0.25, 0.3) is 5.82 Å². The number of carboxylic acid groups (broad SMARTS) is 1. The van der Waals surface area contributed by atoms with E-state index < -0.39 is 46.2 Å². The third kappa shape index (κ3) is 3.60. The van der Waals surface area contributed by atoms with Crippen molar-refractivity contribution in [1.29, 1.82) is 0 Å². The molecule has 31 heavy (non-hydrogen) atoms. The van der Waals surface area contributed by atoms with Gasteiger partial charge in [0, 0.05) is 25.0 Å². The zero-order chi connectivity index (χ0) is 23.6. The van der Waals surface area contributed by atoms with Gasteiger partial charge in [-0.1, -0.05) is 23.4 Å². The van der Waals surface area contributed by atoms with Crippen LogP contribution in [0.1, 0.15) is 16.8 Å². The van der Waals surface area contributed by atoms with Gasteiger partial charge in [-0.15, -0.1) is 0 Å². The maximum Gasteiger partial charge on any atom is 0.459 e. The van der Waals surface area contributed by atoms with Gasteiger partial charge in [0.05, 0.1) is 10.6 Å². The maximum absolute atomic E-state index is 13.8. The zero-order valence-corrected chi connectivity index (χ0v) is 16.3. The number of nitrogens with zero attached hydrogens (tertiary/aromatic N) is 4. The molecule has 17 heteroatoms. The molecule has 1 aliphatic heterocycles. The lowest BCUT2D eigenvalue weighted by Crippen LogP contribution is -2.40. The Morgan fingerprint density at radius 2 is 1.84 bits per heavy atom. The van der Waals surface area contributed by atoms with Crippen LogP contribution >= 0.6 is 23.4 Å². The molecule has 0 radical (unpaired) electrons. The largest absolute Gasteiger partial charge is 0.479 e. The zero-order valence-electron chi connectivity index (χ0n) is 14.7. The highest BCUT2D eigenvalue weighted by atomic mass is 35.5. The number of halogens is 9. The van der Waals surface area contributed by atoms with Gasteiger partial charge < -0.3 is 10.4 Å². The van der Waals surface area contributed by atoms with Gasteiger partial charge >= 0.3 is 24.2 Å². The van der Waals surface area contributed by atoms with E-state index in [-0.39, 0.29) is 14.6 Å². The predicted molar refractivity (Wildman–Crippen MR) is 89.3 cm³/mol. The van der Waals surface area contributed by atoms with Crippen molar-refractivity contribution in [2.24, 2.45) is 7.05 Å². The molecule has 3 rings (SSSR count). The van der Waals surface area contributed by atoms with Crippen molar-refractivity contribution in [3.05, 3.63) is 39.8 Å². The Bertz CT molecular complexity index is 1080. The summed E-state index contributed by atoms with van der Waals surface area (Å²) in [6.07, 6.45) is -9.42. The van der Waals surface area contributed by atoms with Gasteiger partial charge in [0.1, 0.15) is 5.56 Å². The number of rotatable bonds is 4. The van der Waals surface area contributed by atoms with E-state index in [0.29, 0.717) is 23.5 Å². The van der Waals surface area contributed by atoms with Crippen LogP contribution in [0, 0.1) is 0 Å². The number of nitrogens with one attached hydrogen (secondary N) is 1. The third-order valence-corrected chi connectivity index (χ3v) is 5.59. The minimum Gasteiger partial charge on any atom is -0.479 e. The van der Waals surface area contributed by atoms with E-state index in [1.54, 1.807) is 0 Å². The van der Waals surface area contributed by atoms with Gasteiger partial charge in [0.25, 0.3) is 0 Å². The second-order valence-electron chi connectivity index (χ2n) is 6.10. The first-order valence-corrected chi connectivity index (χ1v) is 8.92. The number of carboxylic acids is 1. The van der Waals surface area contributed by atoms with Crippen LogP contribution in [0.15, 0.2) is 23.0 Å². The molecule has 7 nitrogen and oxygen atoms in total. The average molecular weight is 498 g/mol. The SMILES string of the molecule is Cn1nc(C(F)(F)C(F)(F)F)c(C(F)(F)F)c1-n1cc(C2(C(=O)O)NC=C(Cl)S2)cn1. The lowest BCUT2D eigenvalue weighted by atomic mass is 10.1. The molecule has 0 bridgehead atoms. The average Bonchev–Trinajstić information content (AvgIpc) is 3.29. The molecule has 2 aromatic heterocycles. The summed E-state index contributed by atoms with van der Waals surface area (Å²) in [5, 5.41) is 18.2. The summed E-state index contributed by atoms with van der Waals surface area (Å²) in [6, 6.07) is 0. The van der Waals surface area contributed by atoms with E-state index in [1.807, 2.05) is 0 Å². The van der Waals surface area contributed by atoms with E-state index >= 15 is 0 Å².